The molecule has 2 atom stereocenters. The number of hydrogen-bond donors (Lipinski definition) is 0. The van der Waals surface area contributed by atoms with Crippen LogP contribution in [-0.4, -0.2) is 36.0 Å². The Bertz CT molecular complexity index is 489. The van der Waals surface area contributed by atoms with E-state index in [0.29, 0.717) is 25.6 Å². The molecular weight excluding hydrogens is 300 g/mol. The standard InChI is InChI=1S/C17H22O4S/c1-2-21-17(19)14-12-22-15(16(14)18)9-6-10-20-11-13-7-4-3-5-8-13/h3-5,7-8,14-15H,2,6,9-12H2,1H3. The molecule has 1 aliphatic rings. The number of thioether (sulfide) groups is 1. The maximum absolute atomic E-state index is 12.1. The van der Waals surface area contributed by atoms with Crippen molar-refractivity contribution in [1.82, 2.24) is 0 Å². The van der Waals surface area contributed by atoms with E-state index in [1.165, 1.54) is 0 Å². The Morgan fingerprint density at radius 1 is 1.32 bits per heavy atom. The molecule has 0 aliphatic carbocycles. The maximum Gasteiger partial charge on any atom is 0.317 e. The second-order valence-electron chi connectivity index (χ2n) is 5.21. The molecular formula is C17H22O4S. The molecule has 0 aromatic heterocycles. The lowest BCUT2D eigenvalue weighted by Gasteiger charge is -2.09. The summed E-state index contributed by atoms with van der Waals surface area (Å²) in [5.41, 5.74) is 1.15. The van der Waals surface area contributed by atoms with Crippen molar-refractivity contribution < 1.29 is 19.1 Å². The summed E-state index contributed by atoms with van der Waals surface area (Å²) in [6.45, 7) is 3.30. The second kappa shape index (κ2) is 8.96. The zero-order valence-electron chi connectivity index (χ0n) is 12.8. The van der Waals surface area contributed by atoms with Crippen molar-refractivity contribution in [3.63, 3.8) is 0 Å². The lowest BCUT2D eigenvalue weighted by molar-refractivity contribution is -0.150. The molecule has 1 heterocycles. The fourth-order valence-electron chi connectivity index (χ4n) is 2.39. The summed E-state index contributed by atoms with van der Waals surface area (Å²) in [6, 6.07) is 10.0. The first kappa shape index (κ1) is 17.0. The number of ketones is 1. The van der Waals surface area contributed by atoms with Crippen molar-refractivity contribution in [1.29, 1.82) is 0 Å². The molecule has 0 radical (unpaired) electrons. The van der Waals surface area contributed by atoms with Crippen LogP contribution >= 0.6 is 11.8 Å². The van der Waals surface area contributed by atoms with Gasteiger partial charge in [-0.15, -0.1) is 11.8 Å². The summed E-state index contributed by atoms with van der Waals surface area (Å²) in [5.74, 6) is -0.373. The lowest BCUT2D eigenvalue weighted by atomic mass is 10.0. The van der Waals surface area contributed by atoms with Crippen LogP contribution in [0.1, 0.15) is 25.3 Å². The van der Waals surface area contributed by atoms with Crippen LogP contribution in [0, 0.1) is 5.92 Å². The summed E-state index contributed by atoms with van der Waals surface area (Å²) < 4.78 is 10.6. The van der Waals surface area contributed by atoms with Gasteiger partial charge in [0.1, 0.15) is 5.92 Å². The van der Waals surface area contributed by atoms with Crippen LogP contribution < -0.4 is 0 Å². The number of rotatable bonds is 8. The van der Waals surface area contributed by atoms with Gasteiger partial charge in [0, 0.05) is 12.4 Å². The molecule has 0 bridgehead atoms. The van der Waals surface area contributed by atoms with Gasteiger partial charge in [0.15, 0.2) is 5.78 Å². The summed E-state index contributed by atoms with van der Waals surface area (Å²) in [4.78, 5) is 23.8. The predicted molar refractivity (Wildman–Crippen MR) is 86.7 cm³/mol. The van der Waals surface area contributed by atoms with E-state index in [2.05, 4.69) is 0 Å². The van der Waals surface area contributed by atoms with Gasteiger partial charge in [0.05, 0.1) is 18.5 Å². The first-order valence-corrected chi connectivity index (χ1v) is 8.71. The highest BCUT2D eigenvalue weighted by Crippen LogP contribution is 2.31. The molecule has 120 valence electrons. The molecule has 22 heavy (non-hydrogen) atoms. The van der Waals surface area contributed by atoms with E-state index in [1.54, 1.807) is 18.7 Å². The Hall–Kier alpha value is -1.33. The van der Waals surface area contributed by atoms with Gasteiger partial charge in [0.2, 0.25) is 0 Å². The molecule has 1 saturated heterocycles. The van der Waals surface area contributed by atoms with E-state index in [0.717, 1.165) is 18.4 Å². The molecule has 1 aromatic rings. The fourth-order valence-corrected chi connectivity index (χ4v) is 3.78. The monoisotopic (exact) mass is 322 g/mol. The van der Waals surface area contributed by atoms with Gasteiger partial charge in [-0.05, 0) is 25.3 Å². The SMILES string of the molecule is CCOC(=O)C1CSC(CCCOCc2ccccc2)C1=O. The first-order valence-electron chi connectivity index (χ1n) is 7.66. The van der Waals surface area contributed by atoms with E-state index in [-0.39, 0.29) is 17.0 Å². The van der Waals surface area contributed by atoms with Crippen molar-refractivity contribution in [2.45, 2.75) is 31.6 Å². The average molecular weight is 322 g/mol. The van der Waals surface area contributed by atoms with Gasteiger partial charge in [-0.3, -0.25) is 9.59 Å². The van der Waals surface area contributed by atoms with E-state index in [9.17, 15) is 9.59 Å². The molecule has 5 heteroatoms. The van der Waals surface area contributed by atoms with E-state index in [1.807, 2.05) is 30.3 Å². The zero-order chi connectivity index (χ0) is 15.8. The molecule has 0 N–H and O–H groups in total. The number of benzene rings is 1. The van der Waals surface area contributed by atoms with Crippen molar-refractivity contribution in [3.8, 4) is 0 Å². The van der Waals surface area contributed by atoms with Gasteiger partial charge in [-0.25, -0.2) is 0 Å². The van der Waals surface area contributed by atoms with Gasteiger partial charge in [-0.1, -0.05) is 30.3 Å². The first-order chi connectivity index (χ1) is 10.7. The Balaban J connectivity index is 1.63. The minimum atomic E-state index is -0.569. The summed E-state index contributed by atoms with van der Waals surface area (Å²) in [6.07, 6.45) is 1.58. The molecule has 1 fully saturated rings. The van der Waals surface area contributed by atoms with Crippen LogP contribution in [0.25, 0.3) is 0 Å². The summed E-state index contributed by atoms with van der Waals surface area (Å²) in [7, 11) is 0. The number of carbonyl (C=O) groups is 2. The van der Waals surface area contributed by atoms with Crippen molar-refractivity contribution in [2.75, 3.05) is 19.0 Å². The van der Waals surface area contributed by atoms with E-state index in [4.69, 9.17) is 9.47 Å². The number of esters is 1. The number of Topliss-reactive ketones (excluding diaryl/α,β-unsaturated/α-hetero) is 1. The third-order valence-electron chi connectivity index (χ3n) is 3.56. The van der Waals surface area contributed by atoms with Crippen molar-refractivity contribution >= 4 is 23.5 Å². The van der Waals surface area contributed by atoms with Crippen LogP contribution in [-0.2, 0) is 25.7 Å². The third kappa shape index (κ3) is 4.85. The van der Waals surface area contributed by atoms with Crippen molar-refractivity contribution in [3.05, 3.63) is 35.9 Å². The Labute approximate surface area is 135 Å². The quantitative estimate of drug-likeness (QED) is 0.418. The van der Waals surface area contributed by atoms with Crippen molar-refractivity contribution in [2.24, 2.45) is 5.92 Å². The van der Waals surface area contributed by atoms with E-state index < -0.39 is 5.92 Å². The van der Waals surface area contributed by atoms with Gasteiger partial charge < -0.3 is 9.47 Å². The molecule has 0 spiro atoms. The highest BCUT2D eigenvalue weighted by atomic mass is 32.2. The fraction of sp³-hybridized carbons (Fsp3) is 0.529. The maximum atomic E-state index is 12.1. The van der Waals surface area contributed by atoms with Crippen LogP contribution in [0.2, 0.25) is 0 Å². The lowest BCUT2D eigenvalue weighted by Crippen LogP contribution is -2.27. The molecule has 1 aliphatic heterocycles. The molecule has 2 unspecified atom stereocenters. The zero-order valence-corrected chi connectivity index (χ0v) is 13.6. The highest BCUT2D eigenvalue weighted by molar-refractivity contribution is 8.01. The molecule has 0 saturated carbocycles. The number of carbonyl (C=O) groups excluding carboxylic acids is 2. The third-order valence-corrected chi connectivity index (χ3v) is 4.96. The van der Waals surface area contributed by atoms with Crippen LogP contribution in [0.5, 0.6) is 0 Å². The molecule has 4 nitrogen and oxygen atoms in total. The average Bonchev–Trinajstić information content (AvgIpc) is 2.89. The minimum Gasteiger partial charge on any atom is -0.465 e. The summed E-state index contributed by atoms with van der Waals surface area (Å²) >= 11 is 1.56. The van der Waals surface area contributed by atoms with Crippen LogP contribution in [0.3, 0.4) is 0 Å². The van der Waals surface area contributed by atoms with Gasteiger partial charge in [-0.2, -0.15) is 0 Å². The largest absolute Gasteiger partial charge is 0.465 e. The Morgan fingerprint density at radius 3 is 2.82 bits per heavy atom. The van der Waals surface area contributed by atoms with Crippen LogP contribution in [0.15, 0.2) is 30.3 Å². The van der Waals surface area contributed by atoms with Gasteiger partial charge in [0.25, 0.3) is 0 Å². The number of hydrogen-bond acceptors (Lipinski definition) is 5. The smallest absolute Gasteiger partial charge is 0.317 e. The topological polar surface area (TPSA) is 52.6 Å². The second-order valence-corrected chi connectivity index (χ2v) is 6.45. The van der Waals surface area contributed by atoms with E-state index >= 15 is 0 Å². The number of ether oxygens (including phenoxy) is 2. The Kier molecular flexibility index (Phi) is 6.93. The molecule has 0 amide bonds. The van der Waals surface area contributed by atoms with Gasteiger partial charge >= 0.3 is 5.97 Å². The minimum absolute atomic E-state index is 0.0199. The highest BCUT2D eigenvalue weighted by Gasteiger charge is 2.39. The predicted octanol–water partition coefficient (Wildman–Crippen LogP) is 2.85. The normalized spacial score (nSPS) is 21.0. The van der Waals surface area contributed by atoms with Crippen LogP contribution in [0.4, 0.5) is 0 Å². The Morgan fingerprint density at radius 2 is 2.09 bits per heavy atom. The molecule has 2 rings (SSSR count). The molecule has 1 aromatic carbocycles. The summed E-state index contributed by atoms with van der Waals surface area (Å²) in [5, 5.41) is -0.0882.